The molecule has 0 aliphatic carbocycles. The minimum Gasteiger partial charge on any atom is -0.447 e. The van der Waals surface area contributed by atoms with Gasteiger partial charge in [0.2, 0.25) is 5.91 Å². The van der Waals surface area contributed by atoms with E-state index in [2.05, 4.69) is 22.5 Å². The number of aromatic nitrogens is 1. The third-order valence-electron chi connectivity index (χ3n) is 6.80. The first kappa shape index (κ1) is 34.6. The topological polar surface area (TPSA) is 101 Å². The van der Waals surface area contributed by atoms with Gasteiger partial charge >= 0.3 is 6.09 Å². The van der Waals surface area contributed by atoms with Crippen LogP contribution in [-0.4, -0.2) is 40.8 Å². The number of alkyl carbamates (subject to hydrolysis) is 1. The molecule has 0 aromatic carbocycles. The SMILES string of the molecule is CCCCCCCCCCCCCCC/C=C/[C@H](O)[C@H](COC(=O)NCc1ccncc1)NC(=O)C(C)(C)C. The van der Waals surface area contributed by atoms with E-state index in [-0.39, 0.29) is 12.5 Å². The summed E-state index contributed by atoms with van der Waals surface area (Å²) in [5.74, 6) is -0.211. The summed E-state index contributed by atoms with van der Waals surface area (Å²) < 4.78 is 5.31. The second-order valence-corrected chi connectivity index (χ2v) is 11.6. The highest BCUT2D eigenvalue weighted by Crippen LogP contribution is 2.15. The van der Waals surface area contributed by atoms with E-state index in [0.29, 0.717) is 6.54 Å². The molecule has 1 aromatic heterocycles. The Morgan fingerprint density at radius 2 is 1.46 bits per heavy atom. The van der Waals surface area contributed by atoms with Crippen molar-refractivity contribution in [2.24, 2.45) is 5.41 Å². The fourth-order valence-electron chi connectivity index (χ4n) is 4.15. The molecule has 7 heteroatoms. The van der Waals surface area contributed by atoms with Gasteiger partial charge in [-0.05, 0) is 30.5 Å². The van der Waals surface area contributed by atoms with Crippen molar-refractivity contribution in [1.29, 1.82) is 0 Å². The second-order valence-electron chi connectivity index (χ2n) is 11.6. The van der Waals surface area contributed by atoms with E-state index in [1.807, 2.05) is 6.08 Å². The highest BCUT2D eigenvalue weighted by atomic mass is 16.5. The molecule has 39 heavy (non-hydrogen) atoms. The number of pyridine rings is 1. The maximum absolute atomic E-state index is 12.5. The zero-order chi connectivity index (χ0) is 28.8. The van der Waals surface area contributed by atoms with Gasteiger partial charge in [-0.15, -0.1) is 0 Å². The molecule has 1 rings (SSSR count). The van der Waals surface area contributed by atoms with E-state index < -0.39 is 23.7 Å². The zero-order valence-corrected chi connectivity index (χ0v) is 25.1. The van der Waals surface area contributed by atoms with Crippen molar-refractivity contribution in [3.05, 3.63) is 42.2 Å². The Morgan fingerprint density at radius 1 is 0.923 bits per heavy atom. The van der Waals surface area contributed by atoms with Crippen LogP contribution in [0.5, 0.6) is 0 Å². The number of allylic oxidation sites excluding steroid dienone is 1. The number of unbranched alkanes of at least 4 members (excludes halogenated alkanes) is 13. The fourth-order valence-corrected chi connectivity index (χ4v) is 4.15. The van der Waals surface area contributed by atoms with Gasteiger partial charge in [-0.1, -0.05) is 117 Å². The first-order chi connectivity index (χ1) is 18.7. The van der Waals surface area contributed by atoms with Crippen LogP contribution in [-0.2, 0) is 16.1 Å². The van der Waals surface area contributed by atoms with Crippen LogP contribution in [0.2, 0.25) is 0 Å². The van der Waals surface area contributed by atoms with Gasteiger partial charge < -0.3 is 20.5 Å². The third kappa shape index (κ3) is 18.5. The molecule has 1 heterocycles. The molecule has 3 N–H and O–H groups in total. The van der Waals surface area contributed by atoms with Crippen molar-refractivity contribution in [3.8, 4) is 0 Å². The standard InChI is InChI=1S/C32H55N3O4/c1-5-6-7-8-9-10-11-12-13-14-15-16-17-18-19-20-29(36)28(35-30(37)32(2,3)4)26-39-31(38)34-25-27-21-23-33-24-22-27/h19-24,28-29,36H,5-18,25-26H2,1-4H3,(H,34,38)(H,35,37)/b20-19+/t28-,29-/m0/s1. The lowest BCUT2D eigenvalue weighted by atomic mass is 9.95. The first-order valence-corrected chi connectivity index (χ1v) is 15.2. The Morgan fingerprint density at radius 3 is 2.00 bits per heavy atom. The predicted molar refractivity (Wildman–Crippen MR) is 159 cm³/mol. The summed E-state index contributed by atoms with van der Waals surface area (Å²) >= 11 is 0. The molecular weight excluding hydrogens is 490 g/mol. The molecule has 0 bridgehead atoms. The van der Waals surface area contributed by atoms with Crippen LogP contribution in [0.1, 0.15) is 123 Å². The van der Waals surface area contributed by atoms with Gasteiger partial charge in [-0.2, -0.15) is 0 Å². The van der Waals surface area contributed by atoms with E-state index in [1.54, 1.807) is 51.4 Å². The molecule has 0 fully saturated rings. The third-order valence-corrected chi connectivity index (χ3v) is 6.80. The van der Waals surface area contributed by atoms with Gasteiger partial charge in [-0.3, -0.25) is 9.78 Å². The molecule has 0 radical (unpaired) electrons. The molecule has 0 aliphatic rings. The van der Waals surface area contributed by atoms with Crippen LogP contribution in [0.3, 0.4) is 0 Å². The number of carbonyl (C=O) groups excluding carboxylic acids is 2. The highest BCUT2D eigenvalue weighted by molar-refractivity contribution is 5.81. The normalized spacial score (nSPS) is 13.3. The number of ether oxygens (including phenoxy) is 1. The number of amides is 2. The highest BCUT2D eigenvalue weighted by Gasteiger charge is 2.27. The van der Waals surface area contributed by atoms with E-state index in [9.17, 15) is 14.7 Å². The van der Waals surface area contributed by atoms with Crippen molar-refractivity contribution < 1.29 is 19.4 Å². The summed E-state index contributed by atoms with van der Waals surface area (Å²) in [6.45, 7) is 7.85. The Hall–Kier alpha value is -2.41. The van der Waals surface area contributed by atoms with Crippen molar-refractivity contribution in [1.82, 2.24) is 15.6 Å². The number of nitrogens with zero attached hydrogens (tertiary/aromatic N) is 1. The van der Waals surface area contributed by atoms with E-state index in [1.165, 1.54) is 77.0 Å². The summed E-state index contributed by atoms with van der Waals surface area (Å²) in [6.07, 6.45) is 23.4. The van der Waals surface area contributed by atoms with Crippen LogP contribution in [0, 0.1) is 5.41 Å². The number of aliphatic hydroxyl groups is 1. The predicted octanol–water partition coefficient (Wildman–Crippen LogP) is 7.24. The maximum Gasteiger partial charge on any atom is 0.407 e. The molecule has 0 unspecified atom stereocenters. The maximum atomic E-state index is 12.5. The van der Waals surface area contributed by atoms with Crippen LogP contribution >= 0.6 is 0 Å². The smallest absolute Gasteiger partial charge is 0.407 e. The van der Waals surface area contributed by atoms with Crippen LogP contribution < -0.4 is 10.6 Å². The average Bonchev–Trinajstić information content (AvgIpc) is 2.91. The van der Waals surface area contributed by atoms with Crippen molar-refractivity contribution in [3.63, 3.8) is 0 Å². The van der Waals surface area contributed by atoms with E-state index in [0.717, 1.165) is 18.4 Å². The van der Waals surface area contributed by atoms with Crippen molar-refractivity contribution in [2.45, 2.75) is 136 Å². The monoisotopic (exact) mass is 545 g/mol. The number of rotatable bonds is 21. The molecule has 0 saturated heterocycles. The summed E-state index contributed by atoms with van der Waals surface area (Å²) in [7, 11) is 0. The molecule has 2 amide bonds. The number of hydrogen-bond donors (Lipinski definition) is 3. The number of aliphatic hydroxyl groups excluding tert-OH is 1. The Kier molecular flexibility index (Phi) is 19.0. The van der Waals surface area contributed by atoms with Crippen LogP contribution in [0.15, 0.2) is 36.7 Å². The molecular formula is C32H55N3O4. The largest absolute Gasteiger partial charge is 0.447 e. The minimum atomic E-state index is -0.953. The average molecular weight is 546 g/mol. The summed E-state index contributed by atoms with van der Waals surface area (Å²) in [6, 6.07) is 2.88. The lowest BCUT2D eigenvalue weighted by molar-refractivity contribution is -0.130. The lowest BCUT2D eigenvalue weighted by Crippen LogP contribution is -2.50. The van der Waals surface area contributed by atoms with Gasteiger partial charge in [-0.25, -0.2) is 4.79 Å². The molecule has 0 aliphatic heterocycles. The lowest BCUT2D eigenvalue weighted by Gasteiger charge is -2.26. The van der Waals surface area contributed by atoms with E-state index >= 15 is 0 Å². The molecule has 0 spiro atoms. The molecule has 1 aromatic rings. The Labute approximate surface area is 237 Å². The molecule has 2 atom stereocenters. The summed E-state index contributed by atoms with van der Waals surface area (Å²) in [5.41, 5.74) is 0.274. The van der Waals surface area contributed by atoms with Gasteiger partial charge in [0.25, 0.3) is 0 Å². The Balaban J connectivity index is 2.29. The van der Waals surface area contributed by atoms with Crippen LogP contribution in [0.4, 0.5) is 4.79 Å². The zero-order valence-electron chi connectivity index (χ0n) is 25.1. The van der Waals surface area contributed by atoms with Gasteiger partial charge in [0.15, 0.2) is 0 Å². The quantitative estimate of drug-likeness (QED) is 0.112. The second kappa shape index (κ2) is 21.4. The van der Waals surface area contributed by atoms with Gasteiger partial charge in [0.1, 0.15) is 6.61 Å². The Bertz CT molecular complexity index is 792. The summed E-state index contributed by atoms with van der Waals surface area (Å²) in [4.78, 5) is 28.7. The molecule has 7 nitrogen and oxygen atoms in total. The number of hydrogen-bond acceptors (Lipinski definition) is 5. The summed E-state index contributed by atoms with van der Waals surface area (Å²) in [5, 5.41) is 16.2. The first-order valence-electron chi connectivity index (χ1n) is 15.2. The minimum absolute atomic E-state index is 0.131. The number of carbonyl (C=O) groups is 2. The van der Waals surface area contributed by atoms with Gasteiger partial charge in [0, 0.05) is 24.4 Å². The van der Waals surface area contributed by atoms with Crippen molar-refractivity contribution >= 4 is 12.0 Å². The van der Waals surface area contributed by atoms with E-state index in [4.69, 9.17) is 4.74 Å². The fraction of sp³-hybridized carbons (Fsp3) is 0.719. The van der Waals surface area contributed by atoms with Gasteiger partial charge in [0.05, 0.1) is 12.1 Å². The molecule has 0 saturated carbocycles. The molecule has 222 valence electrons. The van der Waals surface area contributed by atoms with Crippen LogP contribution in [0.25, 0.3) is 0 Å². The van der Waals surface area contributed by atoms with Crippen molar-refractivity contribution in [2.75, 3.05) is 6.61 Å². The number of nitrogens with one attached hydrogen (secondary N) is 2.